The van der Waals surface area contributed by atoms with Gasteiger partial charge in [0.05, 0.1) is 5.69 Å². The maximum atomic E-state index is 12.1. The Bertz CT molecular complexity index is 666. The molecule has 0 spiro atoms. The van der Waals surface area contributed by atoms with Crippen molar-refractivity contribution in [2.75, 3.05) is 6.61 Å². The molecule has 5 heteroatoms. The molecule has 3 N–H and O–H groups in total. The highest BCUT2D eigenvalue weighted by molar-refractivity contribution is 5.30. The fraction of sp³-hybridized carbons (Fsp3) is 0.389. The Morgan fingerprint density at radius 2 is 1.87 bits per heavy atom. The lowest BCUT2D eigenvalue weighted by molar-refractivity contribution is 0.0355. The van der Waals surface area contributed by atoms with E-state index in [2.05, 4.69) is 4.98 Å². The van der Waals surface area contributed by atoms with Crippen LogP contribution < -0.4 is 10.2 Å². The van der Waals surface area contributed by atoms with Crippen molar-refractivity contribution < 1.29 is 14.9 Å². The minimum atomic E-state index is -1.00. The maximum absolute atomic E-state index is 12.1. The molecule has 0 radical (unpaired) electrons. The Hall–Kier alpha value is -2.11. The Labute approximate surface area is 135 Å². The largest absolute Gasteiger partial charge is 0.483 e. The highest BCUT2D eigenvalue weighted by atomic mass is 16.5. The molecule has 1 heterocycles. The quantitative estimate of drug-likeness (QED) is 0.731. The summed E-state index contributed by atoms with van der Waals surface area (Å²) in [6, 6.07) is 10.9. The second-order valence-electron chi connectivity index (χ2n) is 5.89. The smallest absolute Gasteiger partial charge is 0.223 e. The van der Waals surface area contributed by atoms with Crippen LogP contribution in [-0.2, 0) is 6.61 Å². The molecule has 0 fully saturated rings. The Balaban J connectivity index is 2.27. The first-order valence-electron chi connectivity index (χ1n) is 7.71. The lowest BCUT2D eigenvalue weighted by atomic mass is 9.89. The van der Waals surface area contributed by atoms with Gasteiger partial charge in [0.25, 0.3) is 0 Å². The third-order valence-corrected chi connectivity index (χ3v) is 3.94. The van der Waals surface area contributed by atoms with E-state index >= 15 is 0 Å². The summed E-state index contributed by atoms with van der Waals surface area (Å²) in [5.74, 6) is -0.226. The van der Waals surface area contributed by atoms with Crippen molar-refractivity contribution in [3.63, 3.8) is 0 Å². The summed E-state index contributed by atoms with van der Waals surface area (Å²) in [6.07, 6.45) is 0.477. The van der Waals surface area contributed by atoms with Crippen LogP contribution in [0.25, 0.3) is 0 Å². The summed E-state index contributed by atoms with van der Waals surface area (Å²) in [6.45, 7) is 3.89. The van der Waals surface area contributed by atoms with Gasteiger partial charge in [0, 0.05) is 24.8 Å². The summed E-state index contributed by atoms with van der Waals surface area (Å²) in [4.78, 5) is 15.0. The molecule has 1 aromatic carbocycles. The van der Waals surface area contributed by atoms with Gasteiger partial charge in [0.15, 0.2) is 5.75 Å². The van der Waals surface area contributed by atoms with E-state index in [9.17, 15) is 15.0 Å². The first kappa shape index (κ1) is 17.2. The number of aliphatic hydroxyl groups is 2. The van der Waals surface area contributed by atoms with Crippen LogP contribution in [-0.4, -0.2) is 21.8 Å². The van der Waals surface area contributed by atoms with Crippen molar-refractivity contribution in [3.05, 3.63) is 64.1 Å². The molecule has 124 valence electrons. The predicted molar refractivity (Wildman–Crippen MR) is 88.2 cm³/mol. The van der Waals surface area contributed by atoms with E-state index in [4.69, 9.17) is 4.74 Å². The van der Waals surface area contributed by atoms with Crippen LogP contribution in [0.5, 0.6) is 5.75 Å². The van der Waals surface area contributed by atoms with Crippen LogP contribution in [0.15, 0.2) is 47.4 Å². The highest BCUT2D eigenvalue weighted by Gasteiger charge is 2.27. The molecule has 0 saturated heterocycles. The normalized spacial score (nSPS) is 13.8. The predicted octanol–water partition coefficient (Wildman–Crippen LogP) is 2.25. The van der Waals surface area contributed by atoms with Gasteiger partial charge in [0.2, 0.25) is 5.43 Å². The molecule has 2 rings (SSSR count). The minimum absolute atomic E-state index is 0.0562. The zero-order valence-corrected chi connectivity index (χ0v) is 13.4. The van der Waals surface area contributed by atoms with Gasteiger partial charge in [0.1, 0.15) is 12.7 Å². The van der Waals surface area contributed by atoms with Gasteiger partial charge in [-0.1, -0.05) is 44.2 Å². The Morgan fingerprint density at radius 1 is 1.17 bits per heavy atom. The van der Waals surface area contributed by atoms with Crippen molar-refractivity contribution in [3.8, 4) is 5.75 Å². The summed E-state index contributed by atoms with van der Waals surface area (Å²) < 4.78 is 5.66. The van der Waals surface area contributed by atoms with Crippen LogP contribution in [0.3, 0.4) is 0 Å². The molecule has 2 unspecified atom stereocenters. The van der Waals surface area contributed by atoms with E-state index in [1.165, 1.54) is 12.3 Å². The number of nitrogens with one attached hydrogen (secondary N) is 1. The van der Waals surface area contributed by atoms with Gasteiger partial charge >= 0.3 is 0 Å². The molecule has 0 saturated carbocycles. The third-order valence-electron chi connectivity index (χ3n) is 3.94. The zero-order valence-electron chi connectivity index (χ0n) is 13.4. The number of benzene rings is 1. The molecule has 0 aliphatic heterocycles. The number of H-pyrrole nitrogens is 1. The molecule has 0 aliphatic carbocycles. The van der Waals surface area contributed by atoms with Crippen molar-refractivity contribution in [2.24, 2.45) is 11.8 Å². The maximum Gasteiger partial charge on any atom is 0.223 e. The molecule has 0 bridgehead atoms. The number of aromatic amines is 1. The second kappa shape index (κ2) is 7.94. The number of rotatable bonds is 7. The van der Waals surface area contributed by atoms with Crippen LogP contribution in [0, 0.1) is 11.8 Å². The van der Waals surface area contributed by atoms with Gasteiger partial charge in [-0.15, -0.1) is 0 Å². The van der Waals surface area contributed by atoms with Gasteiger partial charge in [-0.2, -0.15) is 0 Å². The van der Waals surface area contributed by atoms with Crippen molar-refractivity contribution >= 4 is 0 Å². The summed E-state index contributed by atoms with van der Waals surface area (Å²) in [5.41, 5.74) is 0.939. The van der Waals surface area contributed by atoms with Gasteiger partial charge < -0.3 is 19.9 Å². The Kier molecular flexibility index (Phi) is 5.96. The molecular formula is C18H23NO4. The second-order valence-corrected chi connectivity index (χ2v) is 5.89. The minimum Gasteiger partial charge on any atom is -0.483 e. The standard InChI is InChI=1S/C18H23NO4/c1-12(2)14(10-20)17(22)16-18(15(21)8-9-19-16)23-11-13-6-4-3-5-7-13/h3-9,12,14,17,20,22H,10-11H2,1-2H3,(H,19,21). The molecule has 0 amide bonds. The summed E-state index contributed by atoms with van der Waals surface area (Å²) in [7, 11) is 0. The van der Waals surface area contributed by atoms with E-state index in [0.29, 0.717) is 5.69 Å². The van der Waals surface area contributed by atoms with Crippen LogP contribution in [0.1, 0.15) is 31.2 Å². The first-order valence-corrected chi connectivity index (χ1v) is 7.71. The highest BCUT2D eigenvalue weighted by Crippen LogP contribution is 2.30. The molecule has 1 aromatic heterocycles. The molecular weight excluding hydrogens is 294 g/mol. The number of hydrogen-bond acceptors (Lipinski definition) is 4. The van der Waals surface area contributed by atoms with Crippen LogP contribution >= 0.6 is 0 Å². The topological polar surface area (TPSA) is 82.5 Å². The van der Waals surface area contributed by atoms with E-state index in [-0.39, 0.29) is 36.2 Å². The summed E-state index contributed by atoms with van der Waals surface area (Å²) in [5, 5.41) is 20.0. The molecule has 0 aliphatic rings. The van der Waals surface area contributed by atoms with E-state index in [1.807, 2.05) is 44.2 Å². The van der Waals surface area contributed by atoms with Gasteiger partial charge in [-0.25, -0.2) is 0 Å². The fourth-order valence-corrected chi connectivity index (χ4v) is 2.47. The van der Waals surface area contributed by atoms with Gasteiger partial charge in [-0.05, 0) is 11.5 Å². The fourth-order valence-electron chi connectivity index (χ4n) is 2.47. The number of pyridine rings is 1. The van der Waals surface area contributed by atoms with Crippen LogP contribution in [0.4, 0.5) is 0 Å². The van der Waals surface area contributed by atoms with E-state index in [1.54, 1.807) is 0 Å². The van der Waals surface area contributed by atoms with E-state index < -0.39 is 6.10 Å². The van der Waals surface area contributed by atoms with Gasteiger partial charge in [-0.3, -0.25) is 4.79 Å². The third kappa shape index (κ3) is 4.21. The molecule has 2 atom stereocenters. The molecule has 23 heavy (non-hydrogen) atoms. The average molecular weight is 317 g/mol. The SMILES string of the molecule is CC(C)C(CO)C(O)c1[nH]ccc(=O)c1OCc1ccccc1. The number of ether oxygens (including phenoxy) is 1. The average Bonchev–Trinajstić information content (AvgIpc) is 2.54. The zero-order chi connectivity index (χ0) is 16.8. The van der Waals surface area contributed by atoms with Crippen LogP contribution in [0.2, 0.25) is 0 Å². The lowest BCUT2D eigenvalue weighted by Gasteiger charge is -2.25. The number of aromatic nitrogens is 1. The Morgan fingerprint density at radius 3 is 2.48 bits per heavy atom. The molecule has 5 nitrogen and oxygen atoms in total. The molecule has 2 aromatic rings. The number of aliphatic hydroxyl groups excluding tert-OH is 2. The first-order chi connectivity index (χ1) is 11.0. The van der Waals surface area contributed by atoms with Crippen molar-refractivity contribution in [1.29, 1.82) is 0 Å². The summed E-state index contributed by atoms with van der Waals surface area (Å²) >= 11 is 0. The van der Waals surface area contributed by atoms with Crippen molar-refractivity contribution in [1.82, 2.24) is 4.98 Å². The lowest BCUT2D eigenvalue weighted by Crippen LogP contribution is -2.25. The monoisotopic (exact) mass is 317 g/mol. The number of hydrogen-bond donors (Lipinski definition) is 3. The van der Waals surface area contributed by atoms with Crippen molar-refractivity contribution in [2.45, 2.75) is 26.6 Å². The van der Waals surface area contributed by atoms with E-state index in [0.717, 1.165) is 5.56 Å².